The molecule has 0 aromatic rings. The Balaban J connectivity index is 11.5. The predicted molar refractivity (Wildman–Crippen MR) is 523 cm³/mol. The summed E-state index contributed by atoms with van der Waals surface area (Å²) in [5.74, 6) is 0. The Bertz CT molecular complexity index is 1340. The third kappa shape index (κ3) is 60.0. The van der Waals surface area contributed by atoms with Crippen molar-refractivity contribution < 1.29 is 0 Å². The van der Waals surface area contributed by atoms with Gasteiger partial charge in [-0.25, -0.2) is 0 Å². The van der Waals surface area contributed by atoms with E-state index in [0.717, 1.165) is 0 Å². The third-order valence-corrected chi connectivity index (χ3v) is 37.9. The van der Waals surface area contributed by atoms with Crippen molar-refractivity contribution in [3.05, 3.63) is 0 Å². The van der Waals surface area contributed by atoms with Crippen LogP contribution in [-0.2, 0) is 0 Å². The summed E-state index contributed by atoms with van der Waals surface area (Å²) in [6.07, 6.45) is 90.7. The predicted octanol–water partition coefficient (Wildman–Crippen LogP) is 35.4. The Labute approximate surface area is 715 Å². The van der Waals surface area contributed by atoms with Crippen LogP contribution in [0.2, 0.25) is 0 Å². The van der Waals surface area contributed by atoms with Crippen LogP contribution < -0.4 is 0 Å². The SMILES string of the molecule is CCCCCCN(CCCCCC)P(C(CCC(P(N(CCCCCC)CCCCCC)N(CCCCCC)CCCCCC)P(N(CCCCCC)CCCCCC)N(CCCCCC)CCCCCC)P(N(CCCCCC)CCCCCC)N(CCCCCC)CCCCCC)N(CCCCCC)CCCCCC. The zero-order valence-corrected chi connectivity index (χ0v) is 84.1. The van der Waals surface area contributed by atoms with E-state index in [2.05, 4.69) is 148 Å². The molecule has 0 aromatic carbocycles. The number of unbranched alkanes of at least 4 members (excludes halogenated alkanes) is 48. The van der Waals surface area contributed by atoms with Crippen LogP contribution in [-0.4, -0.2) is 153 Å². The molecule has 112 heavy (non-hydrogen) atoms. The Morgan fingerprint density at radius 1 is 0.116 bits per heavy atom. The molecule has 0 spiro atoms. The first-order chi connectivity index (χ1) is 55.2. The van der Waals surface area contributed by atoms with Gasteiger partial charge in [0.25, 0.3) is 0 Å². The highest BCUT2D eigenvalue weighted by molar-refractivity contribution is 7.72. The molecular weight excluding hydrogens is 1440 g/mol. The molecule has 0 heterocycles. The molecule has 0 saturated carbocycles. The van der Waals surface area contributed by atoms with Crippen LogP contribution in [0.15, 0.2) is 0 Å². The Morgan fingerprint density at radius 2 is 0.196 bits per heavy atom. The third-order valence-electron chi connectivity index (χ3n) is 24.4. The second-order valence-corrected chi connectivity index (χ2v) is 45.8. The zero-order valence-electron chi connectivity index (χ0n) is 80.5. The Hall–Kier alpha value is 1.40. The van der Waals surface area contributed by atoms with Crippen LogP contribution in [0.5, 0.6) is 0 Å². The lowest BCUT2D eigenvalue weighted by Gasteiger charge is -2.54. The summed E-state index contributed by atoms with van der Waals surface area (Å²) in [4.78, 5) is 0. The number of hydrogen-bond acceptors (Lipinski definition) is 8. The van der Waals surface area contributed by atoms with Crippen molar-refractivity contribution >= 4 is 32.9 Å². The molecule has 0 fully saturated rings. The minimum atomic E-state index is -0.693. The molecule has 0 N–H and O–H groups in total. The monoisotopic (exact) mass is 1650 g/mol. The fraction of sp³-hybridized carbons (Fsp3) is 1.00. The van der Waals surface area contributed by atoms with Crippen LogP contribution in [0, 0.1) is 0 Å². The van der Waals surface area contributed by atoms with Gasteiger partial charge in [-0.1, -0.05) is 419 Å². The number of rotatable bonds is 95. The highest BCUT2D eigenvalue weighted by atomic mass is 31.2. The van der Waals surface area contributed by atoms with Crippen molar-refractivity contribution in [3.8, 4) is 0 Å². The smallest absolute Gasteiger partial charge is 0.0535 e. The fourth-order valence-corrected chi connectivity index (χ4v) is 33.7. The fourth-order valence-electron chi connectivity index (χ4n) is 17.2. The van der Waals surface area contributed by atoms with Gasteiger partial charge >= 0.3 is 0 Å². The molecule has 12 heteroatoms. The van der Waals surface area contributed by atoms with Gasteiger partial charge in [0.2, 0.25) is 0 Å². The summed E-state index contributed by atoms with van der Waals surface area (Å²) in [7, 11) is -2.77. The van der Waals surface area contributed by atoms with Gasteiger partial charge in [0.15, 0.2) is 0 Å². The number of hydrogen-bond donors (Lipinski definition) is 0. The van der Waals surface area contributed by atoms with Crippen LogP contribution in [0.1, 0.15) is 535 Å². The van der Waals surface area contributed by atoms with Crippen molar-refractivity contribution in [2.24, 2.45) is 0 Å². The van der Waals surface area contributed by atoms with E-state index in [1.165, 1.54) is 528 Å². The lowest BCUT2D eigenvalue weighted by Crippen LogP contribution is -2.43. The van der Waals surface area contributed by atoms with Gasteiger partial charge in [-0.05, 0) is 116 Å². The molecule has 0 amide bonds. The molecule has 0 radical (unpaired) electrons. The average molecular weight is 1650 g/mol. The molecule has 0 aromatic heterocycles. The maximum absolute atomic E-state index is 3.47. The maximum atomic E-state index is 3.47. The van der Waals surface area contributed by atoms with Crippen LogP contribution in [0.25, 0.3) is 0 Å². The van der Waals surface area contributed by atoms with Crippen LogP contribution in [0.4, 0.5) is 0 Å². The molecule has 0 unspecified atom stereocenters. The van der Waals surface area contributed by atoms with Gasteiger partial charge in [0.05, 0.1) is 10.8 Å². The van der Waals surface area contributed by atoms with E-state index in [9.17, 15) is 0 Å². The van der Waals surface area contributed by atoms with Gasteiger partial charge in [0, 0.05) is 138 Å². The Kier molecular flexibility index (Phi) is 89.8. The van der Waals surface area contributed by atoms with Crippen molar-refractivity contribution in [2.45, 2.75) is 545 Å². The van der Waals surface area contributed by atoms with E-state index >= 15 is 0 Å². The average Bonchev–Trinajstić information content (AvgIpc) is 0.783. The topological polar surface area (TPSA) is 25.9 Å². The molecule has 8 nitrogen and oxygen atoms in total. The molecule has 0 aliphatic rings. The molecule has 0 aliphatic heterocycles. The second kappa shape index (κ2) is 88.7. The molecule has 0 atom stereocenters. The molecule has 674 valence electrons. The molecule has 0 rings (SSSR count). The molecular formula is C100H214N8P4. The van der Waals surface area contributed by atoms with E-state index in [1.807, 2.05) is 0 Å². The van der Waals surface area contributed by atoms with Crippen molar-refractivity contribution in [1.29, 1.82) is 0 Å². The van der Waals surface area contributed by atoms with Gasteiger partial charge < -0.3 is 0 Å². The summed E-state index contributed by atoms with van der Waals surface area (Å²) in [6, 6.07) is 0. The first-order valence-electron chi connectivity index (χ1n) is 52.3. The van der Waals surface area contributed by atoms with Crippen molar-refractivity contribution in [3.63, 3.8) is 0 Å². The summed E-state index contributed by atoms with van der Waals surface area (Å²) in [5, 5.41) is 1.28. The van der Waals surface area contributed by atoms with Gasteiger partial charge in [-0.3, -0.25) is 37.4 Å². The second-order valence-electron chi connectivity index (χ2n) is 35.4. The van der Waals surface area contributed by atoms with Crippen LogP contribution >= 0.6 is 32.9 Å². The molecule has 0 bridgehead atoms. The summed E-state index contributed by atoms with van der Waals surface area (Å²) >= 11 is 0. The largest absolute Gasteiger partial charge is 0.269 e. The normalized spacial score (nSPS) is 12.6. The van der Waals surface area contributed by atoms with E-state index in [1.54, 1.807) is 0 Å². The molecule has 0 aliphatic carbocycles. The minimum absolute atomic E-state index is 0.640. The van der Waals surface area contributed by atoms with E-state index in [-0.39, 0.29) is 0 Å². The van der Waals surface area contributed by atoms with Gasteiger partial charge in [0.1, 0.15) is 0 Å². The van der Waals surface area contributed by atoms with E-state index < -0.39 is 32.9 Å². The van der Waals surface area contributed by atoms with Crippen LogP contribution in [0.3, 0.4) is 0 Å². The first kappa shape index (κ1) is 113. The highest BCUT2D eigenvalue weighted by Gasteiger charge is 2.47. The lowest BCUT2D eigenvalue weighted by molar-refractivity contribution is 0.331. The maximum Gasteiger partial charge on any atom is 0.0535 e. The van der Waals surface area contributed by atoms with E-state index in [4.69, 9.17) is 0 Å². The number of nitrogens with zero attached hydrogens (tertiary/aromatic N) is 8. The first-order valence-corrected chi connectivity index (χ1v) is 57.6. The van der Waals surface area contributed by atoms with Crippen molar-refractivity contribution in [1.82, 2.24) is 37.4 Å². The highest BCUT2D eigenvalue weighted by Crippen LogP contribution is 2.71. The summed E-state index contributed by atoms with van der Waals surface area (Å²) < 4.78 is 27.8. The summed E-state index contributed by atoms with van der Waals surface area (Å²) in [6.45, 7) is 60.9. The minimum Gasteiger partial charge on any atom is -0.269 e. The summed E-state index contributed by atoms with van der Waals surface area (Å²) in [5.41, 5.74) is 0. The van der Waals surface area contributed by atoms with Crippen molar-refractivity contribution in [2.75, 3.05) is 105 Å². The van der Waals surface area contributed by atoms with Gasteiger partial charge in [-0.2, -0.15) is 0 Å². The zero-order chi connectivity index (χ0) is 82.1. The quantitative estimate of drug-likeness (QED) is 0.0439. The van der Waals surface area contributed by atoms with Gasteiger partial charge in [-0.15, -0.1) is 0 Å². The standard InChI is InChI=1S/C100H214N8P4/c1-17-33-49-65-83-101(84-66-50-34-18-2)109(102(85-67-51-35-19-3)86-68-52-36-20-4)99(110(103(87-69-53-37-21-5)88-70-54-38-22-6)104(89-71-55-39-23-7)90-72-56-40-24-8)81-82-100(111(105(91-73-57-41-25-9)92-74-58-42-26-10)106(93-75-59-43-27-11)94-76-60-44-28-12)112(107(95-77-61-45-29-13)96-78-62-46-30-14)108(97-79-63-47-31-15)98-80-64-48-32-16/h99-100H,17-98H2,1-16H3. The Morgan fingerprint density at radius 3 is 0.268 bits per heavy atom. The molecule has 0 saturated heterocycles. The van der Waals surface area contributed by atoms with E-state index in [0.29, 0.717) is 10.8 Å². The lowest BCUT2D eigenvalue weighted by atomic mass is 10.2.